The molecule has 0 heterocycles. The summed E-state index contributed by atoms with van der Waals surface area (Å²) < 4.78 is 22.8. The van der Waals surface area contributed by atoms with Crippen LogP contribution in [0.4, 0.5) is 0 Å². The number of hydrogen-bond donors (Lipinski definition) is 1. The molecule has 112 valence electrons. The molecule has 0 aromatic heterocycles. The van der Waals surface area contributed by atoms with E-state index < -0.39 is 9.84 Å². The molecule has 1 saturated carbocycles. The van der Waals surface area contributed by atoms with Gasteiger partial charge in [0, 0.05) is 22.4 Å². The molecule has 1 aliphatic rings. The predicted octanol–water partition coefficient (Wildman–Crippen LogP) is 3.10. The Labute approximate surface area is 126 Å². The molecule has 0 spiro atoms. The van der Waals surface area contributed by atoms with Gasteiger partial charge in [0.1, 0.15) is 0 Å². The molecule has 3 nitrogen and oxygen atoms in total. The van der Waals surface area contributed by atoms with E-state index in [2.05, 4.69) is 12.2 Å². The third kappa shape index (κ3) is 4.50. The van der Waals surface area contributed by atoms with Crippen molar-refractivity contribution in [2.75, 3.05) is 12.8 Å². The third-order valence-corrected chi connectivity index (χ3v) is 6.06. The molecule has 5 heteroatoms. The summed E-state index contributed by atoms with van der Waals surface area (Å²) in [6.07, 6.45) is 6.12. The van der Waals surface area contributed by atoms with Gasteiger partial charge in [0.25, 0.3) is 0 Å². The van der Waals surface area contributed by atoms with Crippen molar-refractivity contribution >= 4 is 21.6 Å². The second-order valence-electron chi connectivity index (χ2n) is 5.45. The van der Waals surface area contributed by atoms with E-state index in [0.717, 1.165) is 6.54 Å². The highest BCUT2D eigenvalue weighted by Gasteiger charge is 2.24. The molecule has 0 bridgehead atoms. The van der Waals surface area contributed by atoms with Crippen molar-refractivity contribution in [3.63, 3.8) is 0 Å². The second kappa shape index (κ2) is 6.96. The van der Waals surface area contributed by atoms with Gasteiger partial charge >= 0.3 is 0 Å². The lowest BCUT2D eigenvalue weighted by molar-refractivity contribution is 0.524. The van der Waals surface area contributed by atoms with Crippen LogP contribution in [0.3, 0.4) is 0 Å². The monoisotopic (exact) mass is 313 g/mol. The molecule has 0 saturated heterocycles. The quantitative estimate of drug-likeness (QED) is 0.876. The average Bonchev–Trinajstić information content (AvgIpc) is 2.83. The van der Waals surface area contributed by atoms with Crippen LogP contribution >= 0.6 is 11.8 Å². The van der Waals surface area contributed by atoms with Crippen molar-refractivity contribution in [1.29, 1.82) is 0 Å². The minimum absolute atomic E-state index is 0.399. The molecular weight excluding hydrogens is 290 g/mol. The van der Waals surface area contributed by atoms with Crippen molar-refractivity contribution < 1.29 is 8.42 Å². The number of sulfone groups is 1. The highest BCUT2D eigenvalue weighted by Crippen LogP contribution is 2.35. The van der Waals surface area contributed by atoms with E-state index in [-0.39, 0.29) is 0 Å². The summed E-state index contributed by atoms with van der Waals surface area (Å²) in [5.41, 5.74) is 0. The lowest BCUT2D eigenvalue weighted by Gasteiger charge is -2.12. The van der Waals surface area contributed by atoms with Crippen molar-refractivity contribution in [2.24, 2.45) is 0 Å². The van der Waals surface area contributed by atoms with Gasteiger partial charge < -0.3 is 5.32 Å². The molecule has 1 aromatic rings. The lowest BCUT2D eigenvalue weighted by atomic mass is 10.2. The van der Waals surface area contributed by atoms with Gasteiger partial charge in [-0.25, -0.2) is 8.42 Å². The minimum Gasteiger partial charge on any atom is -0.314 e. The van der Waals surface area contributed by atoms with Gasteiger partial charge in [0.2, 0.25) is 0 Å². The molecule has 2 atom stereocenters. The average molecular weight is 313 g/mol. The number of thioether (sulfide) groups is 1. The molecule has 1 fully saturated rings. The Morgan fingerprint density at radius 3 is 2.55 bits per heavy atom. The highest BCUT2D eigenvalue weighted by molar-refractivity contribution is 8.00. The first kappa shape index (κ1) is 15.9. The zero-order valence-corrected chi connectivity index (χ0v) is 13.8. The fourth-order valence-electron chi connectivity index (χ4n) is 2.54. The Hall–Kier alpha value is -0.520. The van der Waals surface area contributed by atoms with Gasteiger partial charge in [-0.05, 0) is 56.5 Å². The van der Waals surface area contributed by atoms with Crippen LogP contribution in [0, 0.1) is 0 Å². The van der Waals surface area contributed by atoms with Crippen LogP contribution in [0.2, 0.25) is 0 Å². The van der Waals surface area contributed by atoms with E-state index in [9.17, 15) is 8.42 Å². The van der Waals surface area contributed by atoms with E-state index in [1.54, 1.807) is 12.1 Å². The second-order valence-corrected chi connectivity index (χ2v) is 8.84. The van der Waals surface area contributed by atoms with Crippen LogP contribution < -0.4 is 5.32 Å². The zero-order valence-electron chi connectivity index (χ0n) is 12.1. The lowest BCUT2D eigenvalue weighted by Crippen LogP contribution is -2.27. The fourth-order valence-corrected chi connectivity index (χ4v) is 4.43. The van der Waals surface area contributed by atoms with Crippen LogP contribution in [-0.4, -0.2) is 32.5 Å². The first-order valence-corrected chi connectivity index (χ1v) is 9.96. The Kier molecular flexibility index (Phi) is 5.52. The number of nitrogens with one attached hydrogen (secondary N) is 1. The van der Waals surface area contributed by atoms with Gasteiger partial charge in [-0.15, -0.1) is 11.8 Å². The van der Waals surface area contributed by atoms with E-state index in [0.29, 0.717) is 16.2 Å². The number of benzene rings is 1. The van der Waals surface area contributed by atoms with Gasteiger partial charge in [-0.3, -0.25) is 0 Å². The largest absolute Gasteiger partial charge is 0.314 e. The van der Waals surface area contributed by atoms with Crippen LogP contribution in [-0.2, 0) is 9.84 Å². The Balaban J connectivity index is 1.88. The molecule has 1 N–H and O–H groups in total. The topological polar surface area (TPSA) is 46.2 Å². The van der Waals surface area contributed by atoms with E-state index in [1.807, 2.05) is 23.9 Å². The van der Waals surface area contributed by atoms with Crippen LogP contribution in [0.1, 0.15) is 32.6 Å². The van der Waals surface area contributed by atoms with Gasteiger partial charge in [0.05, 0.1) is 4.90 Å². The Morgan fingerprint density at radius 2 is 1.95 bits per heavy atom. The van der Waals surface area contributed by atoms with Crippen molar-refractivity contribution in [3.05, 3.63) is 24.3 Å². The van der Waals surface area contributed by atoms with Gasteiger partial charge in [-0.2, -0.15) is 0 Å². The molecule has 1 aliphatic carbocycles. The van der Waals surface area contributed by atoms with Crippen molar-refractivity contribution in [3.8, 4) is 0 Å². The SMILES string of the molecule is CCCNC1CCC(Sc2ccc(S(C)(=O)=O)cc2)C1. The number of hydrogen-bond acceptors (Lipinski definition) is 4. The van der Waals surface area contributed by atoms with Gasteiger partial charge in [0.15, 0.2) is 9.84 Å². The van der Waals surface area contributed by atoms with Crippen molar-refractivity contribution in [2.45, 2.75) is 53.7 Å². The van der Waals surface area contributed by atoms with E-state index in [4.69, 9.17) is 0 Å². The molecule has 0 radical (unpaired) electrons. The predicted molar refractivity (Wildman–Crippen MR) is 85.1 cm³/mol. The number of rotatable bonds is 6. The first-order chi connectivity index (χ1) is 9.49. The zero-order chi connectivity index (χ0) is 14.6. The summed E-state index contributed by atoms with van der Waals surface area (Å²) in [5, 5.41) is 4.23. The summed E-state index contributed by atoms with van der Waals surface area (Å²) in [7, 11) is -3.09. The molecule has 2 rings (SSSR count). The molecule has 2 unspecified atom stereocenters. The van der Waals surface area contributed by atoms with Crippen LogP contribution in [0.15, 0.2) is 34.1 Å². The summed E-state index contributed by atoms with van der Waals surface area (Å²) in [6, 6.07) is 7.92. The maximum Gasteiger partial charge on any atom is 0.175 e. The van der Waals surface area contributed by atoms with Gasteiger partial charge in [-0.1, -0.05) is 6.92 Å². The van der Waals surface area contributed by atoms with E-state index >= 15 is 0 Å². The van der Waals surface area contributed by atoms with E-state index in [1.165, 1.54) is 36.8 Å². The molecule has 1 aromatic carbocycles. The summed E-state index contributed by atoms with van der Waals surface area (Å²) in [5.74, 6) is 0. The summed E-state index contributed by atoms with van der Waals surface area (Å²) >= 11 is 1.87. The third-order valence-electron chi connectivity index (χ3n) is 3.62. The maximum absolute atomic E-state index is 11.4. The Bertz CT molecular complexity index is 525. The highest BCUT2D eigenvalue weighted by atomic mass is 32.2. The smallest absolute Gasteiger partial charge is 0.175 e. The van der Waals surface area contributed by atoms with Crippen LogP contribution in [0.25, 0.3) is 0 Å². The maximum atomic E-state index is 11.4. The molecule has 0 aliphatic heterocycles. The standard InChI is InChI=1S/C15H23NO2S2/c1-3-10-16-12-4-5-14(11-12)19-13-6-8-15(9-7-13)20(2,17)18/h6-9,12,14,16H,3-5,10-11H2,1-2H3. The summed E-state index contributed by atoms with van der Waals surface area (Å²) in [6.45, 7) is 3.29. The normalized spacial score (nSPS) is 23.1. The van der Waals surface area contributed by atoms with Crippen LogP contribution in [0.5, 0.6) is 0 Å². The molecule has 20 heavy (non-hydrogen) atoms. The van der Waals surface area contributed by atoms with Crippen molar-refractivity contribution in [1.82, 2.24) is 5.32 Å². The summed E-state index contributed by atoms with van der Waals surface area (Å²) in [4.78, 5) is 1.56. The Morgan fingerprint density at radius 1 is 1.25 bits per heavy atom. The fraction of sp³-hybridized carbons (Fsp3) is 0.600. The molecule has 0 amide bonds. The first-order valence-electron chi connectivity index (χ1n) is 7.19. The minimum atomic E-state index is -3.09. The molecular formula is C15H23NO2S2.